The lowest BCUT2D eigenvalue weighted by Crippen LogP contribution is -2.13. The predicted molar refractivity (Wildman–Crippen MR) is 74.8 cm³/mol. The van der Waals surface area contributed by atoms with Crippen molar-refractivity contribution in [3.05, 3.63) is 41.1 Å². The molecule has 104 valence electrons. The zero-order valence-corrected chi connectivity index (χ0v) is 11.7. The van der Waals surface area contributed by atoms with Gasteiger partial charge < -0.3 is 15.2 Å². The highest BCUT2D eigenvalue weighted by atomic mass is 32.1. The number of methoxy groups -OCH3 is 1. The van der Waals surface area contributed by atoms with Gasteiger partial charge >= 0.3 is 5.97 Å². The maximum absolute atomic E-state index is 12.0. The summed E-state index contributed by atoms with van der Waals surface area (Å²) in [6.07, 6.45) is 0. The molecular weight excluding hydrogens is 280 g/mol. The summed E-state index contributed by atoms with van der Waals surface area (Å²) in [5.74, 6) is -0.860. The van der Waals surface area contributed by atoms with Crippen LogP contribution in [0.15, 0.2) is 24.3 Å². The number of aryl methyl sites for hydroxylation is 1. The Labute approximate surface area is 119 Å². The highest BCUT2D eigenvalue weighted by molar-refractivity contribution is 7.11. The molecule has 7 heteroatoms. The molecule has 0 spiro atoms. The second-order valence-corrected chi connectivity index (χ2v) is 4.73. The molecule has 20 heavy (non-hydrogen) atoms. The number of aromatic nitrogens is 1. The van der Waals surface area contributed by atoms with E-state index in [0.717, 1.165) is 11.5 Å². The number of nitrogens with zero attached hydrogens (tertiary/aromatic N) is 1. The molecule has 0 radical (unpaired) electrons. The fourth-order valence-corrected chi connectivity index (χ4v) is 2.41. The third-order valence-corrected chi connectivity index (χ3v) is 3.51. The molecule has 2 N–H and O–H groups in total. The summed E-state index contributed by atoms with van der Waals surface area (Å²) in [4.78, 5) is 23.1. The Morgan fingerprint density at radius 1 is 1.30 bits per heavy atom. The number of anilines is 1. The Bertz CT molecular complexity index is 649. The number of carboxylic acid groups (broad SMARTS) is 1. The number of hydrogen-bond donors (Lipinski definition) is 2. The van der Waals surface area contributed by atoms with Crippen LogP contribution in [-0.4, -0.2) is 28.5 Å². The molecule has 6 nitrogen and oxygen atoms in total. The van der Waals surface area contributed by atoms with E-state index in [1.165, 1.54) is 7.11 Å². The maximum Gasteiger partial charge on any atom is 0.340 e. The monoisotopic (exact) mass is 292 g/mol. The van der Waals surface area contributed by atoms with E-state index >= 15 is 0 Å². The van der Waals surface area contributed by atoms with Gasteiger partial charge in [0.2, 0.25) is 0 Å². The van der Waals surface area contributed by atoms with E-state index in [-0.39, 0.29) is 16.5 Å². The Balaban J connectivity index is 2.21. The summed E-state index contributed by atoms with van der Waals surface area (Å²) in [7, 11) is 1.54. The van der Waals surface area contributed by atoms with E-state index in [1.807, 2.05) is 0 Å². The Hall–Kier alpha value is -2.41. The molecule has 1 aromatic carbocycles. The zero-order valence-electron chi connectivity index (χ0n) is 10.8. The first kappa shape index (κ1) is 14.0. The first-order chi connectivity index (χ1) is 9.52. The number of hydrogen-bond acceptors (Lipinski definition) is 5. The van der Waals surface area contributed by atoms with Crippen LogP contribution in [0.3, 0.4) is 0 Å². The number of nitrogens with one attached hydrogen (secondary N) is 1. The molecule has 0 saturated heterocycles. The molecular formula is C13H12N2O4S. The van der Waals surface area contributed by atoms with Crippen molar-refractivity contribution in [3.63, 3.8) is 0 Å². The molecule has 1 heterocycles. The van der Waals surface area contributed by atoms with Gasteiger partial charge in [-0.25, -0.2) is 4.79 Å². The Morgan fingerprint density at radius 3 is 2.50 bits per heavy atom. The van der Waals surface area contributed by atoms with Crippen LogP contribution < -0.4 is 10.1 Å². The number of amides is 1. The lowest BCUT2D eigenvalue weighted by atomic mass is 10.2. The van der Waals surface area contributed by atoms with E-state index in [4.69, 9.17) is 9.84 Å². The Kier molecular flexibility index (Phi) is 3.99. The second-order valence-electron chi connectivity index (χ2n) is 3.96. The maximum atomic E-state index is 12.0. The third-order valence-electron chi connectivity index (χ3n) is 2.66. The number of benzene rings is 1. The van der Waals surface area contributed by atoms with Gasteiger partial charge in [-0.05, 0) is 42.7 Å². The molecule has 0 aliphatic heterocycles. The summed E-state index contributed by atoms with van der Waals surface area (Å²) in [6.45, 7) is 1.59. The minimum absolute atomic E-state index is 0.0249. The molecule has 0 aliphatic rings. The van der Waals surface area contributed by atoms with E-state index < -0.39 is 5.97 Å². The molecule has 1 aromatic heterocycles. The van der Waals surface area contributed by atoms with Crippen molar-refractivity contribution >= 4 is 28.4 Å². The van der Waals surface area contributed by atoms with Gasteiger partial charge in [-0.1, -0.05) is 0 Å². The van der Waals surface area contributed by atoms with Crippen molar-refractivity contribution in [2.45, 2.75) is 6.92 Å². The zero-order chi connectivity index (χ0) is 14.7. The van der Waals surface area contributed by atoms with Crippen LogP contribution in [0.4, 0.5) is 5.00 Å². The van der Waals surface area contributed by atoms with E-state index in [2.05, 4.69) is 9.69 Å². The largest absolute Gasteiger partial charge is 0.497 e. The van der Waals surface area contributed by atoms with Crippen molar-refractivity contribution in [1.29, 1.82) is 0 Å². The fourth-order valence-electron chi connectivity index (χ4n) is 1.62. The number of ether oxygens (including phenoxy) is 1. The average molecular weight is 292 g/mol. The average Bonchev–Trinajstić information content (AvgIpc) is 2.79. The van der Waals surface area contributed by atoms with Crippen LogP contribution in [0.5, 0.6) is 5.75 Å². The van der Waals surface area contributed by atoms with Gasteiger partial charge in [0.25, 0.3) is 5.91 Å². The van der Waals surface area contributed by atoms with Crippen LogP contribution in [-0.2, 0) is 0 Å². The molecule has 0 aliphatic carbocycles. The minimum atomic E-state index is -1.11. The first-order valence-corrected chi connectivity index (χ1v) is 6.45. The first-order valence-electron chi connectivity index (χ1n) is 5.68. The van der Waals surface area contributed by atoms with Crippen molar-refractivity contribution in [2.24, 2.45) is 0 Å². The normalized spacial score (nSPS) is 10.1. The molecule has 0 unspecified atom stereocenters. The highest BCUT2D eigenvalue weighted by Gasteiger charge is 2.19. The lowest BCUT2D eigenvalue weighted by molar-refractivity contribution is 0.0697. The highest BCUT2D eigenvalue weighted by Crippen LogP contribution is 2.25. The topological polar surface area (TPSA) is 88.5 Å². The minimum Gasteiger partial charge on any atom is -0.497 e. The van der Waals surface area contributed by atoms with Crippen molar-refractivity contribution in [2.75, 3.05) is 12.4 Å². The van der Waals surface area contributed by atoms with Gasteiger partial charge in [0.05, 0.1) is 12.8 Å². The SMILES string of the molecule is COc1ccc(C(=O)Nc2snc(C)c2C(=O)O)cc1. The van der Waals surface area contributed by atoms with Gasteiger partial charge in [0.1, 0.15) is 16.3 Å². The summed E-state index contributed by atoms with van der Waals surface area (Å²) in [6, 6.07) is 6.51. The summed E-state index contributed by atoms with van der Waals surface area (Å²) in [5.41, 5.74) is 0.817. The molecule has 2 aromatic rings. The molecule has 1 amide bonds. The smallest absolute Gasteiger partial charge is 0.340 e. The molecule has 0 bridgehead atoms. The van der Waals surface area contributed by atoms with Gasteiger partial charge in [0, 0.05) is 5.56 Å². The van der Waals surface area contributed by atoms with E-state index in [0.29, 0.717) is 17.0 Å². The number of carbonyl (C=O) groups excluding carboxylic acids is 1. The standard InChI is InChI=1S/C13H12N2O4S/c1-7-10(13(17)18)12(20-15-7)14-11(16)8-3-5-9(19-2)6-4-8/h3-6H,1-2H3,(H,14,16)(H,17,18). The van der Waals surface area contributed by atoms with Crippen LogP contribution in [0, 0.1) is 6.92 Å². The van der Waals surface area contributed by atoms with Crippen LogP contribution >= 0.6 is 11.5 Å². The molecule has 0 atom stereocenters. The second kappa shape index (κ2) is 5.70. The molecule has 0 saturated carbocycles. The summed E-state index contributed by atoms with van der Waals surface area (Å²) < 4.78 is 8.94. The van der Waals surface area contributed by atoms with Gasteiger partial charge in [-0.2, -0.15) is 4.37 Å². The quantitative estimate of drug-likeness (QED) is 0.903. The van der Waals surface area contributed by atoms with Gasteiger partial charge in [0.15, 0.2) is 0 Å². The van der Waals surface area contributed by atoms with Crippen molar-refractivity contribution < 1.29 is 19.4 Å². The summed E-state index contributed by atoms with van der Waals surface area (Å²) >= 11 is 0.948. The van der Waals surface area contributed by atoms with Crippen LogP contribution in [0.1, 0.15) is 26.4 Å². The lowest BCUT2D eigenvalue weighted by Gasteiger charge is -2.05. The number of carbonyl (C=O) groups is 2. The number of aromatic carboxylic acids is 1. The summed E-state index contributed by atoms with van der Waals surface area (Å²) in [5, 5.41) is 11.9. The van der Waals surface area contributed by atoms with Gasteiger partial charge in [-0.3, -0.25) is 4.79 Å². The van der Waals surface area contributed by atoms with Crippen LogP contribution in [0.2, 0.25) is 0 Å². The van der Waals surface area contributed by atoms with Crippen molar-refractivity contribution in [1.82, 2.24) is 4.37 Å². The Morgan fingerprint density at radius 2 is 1.95 bits per heavy atom. The van der Waals surface area contributed by atoms with Gasteiger partial charge in [-0.15, -0.1) is 0 Å². The molecule has 0 fully saturated rings. The van der Waals surface area contributed by atoms with E-state index in [1.54, 1.807) is 31.2 Å². The number of rotatable bonds is 4. The number of carboxylic acids is 1. The predicted octanol–water partition coefficient (Wildman–Crippen LogP) is 2.41. The third kappa shape index (κ3) is 2.77. The van der Waals surface area contributed by atoms with Crippen molar-refractivity contribution in [3.8, 4) is 5.75 Å². The molecule has 2 rings (SSSR count). The van der Waals surface area contributed by atoms with E-state index in [9.17, 15) is 9.59 Å². The van der Waals surface area contributed by atoms with Crippen LogP contribution in [0.25, 0.3) is 0 Å². The fraction of sp³-hybridized carbons (Fsp3) is 0.154.